The number of nitrogens with one attached hydrogen (secondary N) is 1. The lowest BCUT2D eigenvalue weighted by atomic mass is 10.1. The fourth-order valence-corrected chi connectivity index (χ4v) is 2.15. The van der Waals surface area contributed by atoms with Gasteiger partial charge >= 0.3 is 0 Å². The maximum absolute atomic E-state index is 12.9. The summed E-state index contributed by atoms with van der Waals surface area (Å²) in [5, 5.41) is 6.11. The van der Waals surface area contributed by atoms with E-state index >= 15 is 0 Å². The van der Waals surface area contributed by atoms with E-state index in [2.05, 4.69) is 10.4 Å². The number of hydrogen-bond acceptors (Lipinski definition) is 3. The fourth-order valence-electron chi connectivity index (χ4n) is 2.15. The van der Waals surface area contributed by atoms with Gasteiger partial charge in [0.1, 0.15) is 11.4 Å². The highest BCUT2D eigenvalue weighted by atomic mass is 19.3. The molecule has 1 heterocycles. The van der Waals surface area contributed by atoms with Crippen molar-refractivity contribution in [1.29, 1.82) is 0 Å². The van der Waals surface area contributed by atoms with Gasteiger partial charge in [-0.25, -0.2) is 8.78 Å². The van der Waals surface area contributed by atoms with Crippen LogP contribution < -0.4 is 10.1 Å². The van der Waals surface area contributed by atoms with Crippen molar-refractivity contribution >= 4 is 11.6 Å². The third-order valence-electron chi connectivity index (χ3n) is 3.22. The minimum atomic E-state index is -2.72. The first-order valence-electron chi connectivity index (χ1n) is 6.69. The highest BCUT2D eigenvalue weighted by Gasteiger charge is 2.20. The second kappa shape index (κ2) is 6.55. The Kier molecular flexibility index (Phi) is 4.75. The van der Waals surface area contributed by atoms with Crippen LogP contribution in [-0.4, -0.2) is 22.3 Å². The number of aryl methyl sites for hydroxylation is 3. The molecule has 1 N–H and O–H groups in total. The summed E-state index contributed by atoms with van der Waals surface area (Å²) in [5.74, 6) is 0.107. The molecule has 0 saturated carbocycles. The Morgan fingerprint density at radius 2 is 2.00 bits per heavy atom. The fraction of sp³-hybridized carbons (Fsp3) is 0.333. The van der Waals surface area contributed by atoms with Gasteiger partial charge in [-0.2, -0.15) is 5.10 Å². The van der Waals surface area contributed by atoms with Crippen LogP contribution in [0.1, 0.15) is 23.2 Å². The lowest BCUT2D eigenvalue weighted by Gasteiger charge is -2.12. The average molecular weight is 309 g/mol. The van der Waals surface area contributed by atoms with Crippen LogP contribution in [0, 0.1) is 13.8 Å². The molecule has 1 aromatic heterocycles. The first-order chi connectivity index (χ1) is 10.4. The molecule has 7 heteroatoms. The van der Waals surface area contributed by atoms with Gasteiger partial charge in [0, 0.05) is 7.05 Å². The Morgan fingerprint density at radius 1 is 1.36 bits per heavy atom. The molecule has 0 saturated heterocycles. The van der Waals surface area contributed by atoms with Crippen molar-refractivity contribution in [2.75, 3.05) is 11.9 Å². The SMILES string of the molecule is Cc1cccc(C)c1OCC(=O)Nc1cnn(C)c1C(F)F. The molecule has 5 nitrogen and oxygen atoms in total. The summed E-state index contributed by atoms with van der Waals surface area (Å²) in [6.45, 7) is 3.48. The molecule has 0 atom stereocenters. The molecule has 1 aromatic carbocycles. The zero-order chi connectivity index (χ0) is 16.3. The lowest BCUT2D eigenvalue weighted by Crippen LogP contribution is -2.21. The van der Waals surface area contributed by atoms with Crippen LogP contribution in [0.2, 0.25) is 0 Å². The van der Waals surface area contributed by atoms with Crippen molar-refractivity contribution in [3.05, 3.63) is 41.2 Å². The molecule has 22 heavy (non-hydrogen) atoms. The maximum atomic E-state index is 12.9. The van der Waals surface area contributed by atoms with Crippen LogP contribution in [0.15, 0.2) is 24.4 Å². The van der Waals surface area contributed by atoms with E-state index in [-0.39, 0.29) is 18.0 Å². The summed E-state index contributed by atoms with van der Waals surface area (Å²) < 4.78 is 32.3. The van der Waals surface area contributed by atoms with Crippen molar-refractivity contribution in [3.8, 4) is 5.75 Å². The molecule has 0 bridgehead atoms. The number of para-hydroxylation sites is 1. The largest absolute Gasteiger partial charge is 0.483 e. The van der Waals surface area contributed by atoms with Crippen LogP contribution in [0.4, 0.5) is 14.5 Å². The second-order valence-corrected chi connectivity index (χ2v) is 4.93. The molecule has 2 aromatic rings. The Morgan fingerprint density at radius 3 is 2.59 bits per heavy atom. The molecule has 0 aliphatic heterocycles. The summed E-state index contributed by atoms with van der Waals surface area (Å²) in [7, 11) is 1.39. The number of halogens is 2. The molecule has 0 radical (unpaired) electrons. The van der Waals surface area contributed by atoms with Gasteiger partial charge in [0.2, 0.25) is 0 Å². The normalized spacial score (nSPS) is 10.8. The lowest BCUT2D eigenvalue weighted by molar-refractivity contribution is -0.118. The highest BCUT2D eigenvalue weighted by molar-refractivity contribution is 5.92. The van der Waals surface area contributed by atoms with Crippen LogP contribution >= 0.6 is 0 Å². The van der Waals surface area contributed by atoms with Gasteiger partial charge in [0.05, 0.1) is 11.9 Å². The molecular weight excluding hydrogens is 292 g/mol. The second-order valence-electron chi connectivity index (χ2n) is 4.93. The van der Waals surface area contributed by atoms with E-state index in [0.29, 0.717) is 5.75 Å². The van der Waals surface area contributed by atoms with E-state index in [1.54, 1.807) is 0 Å². The van der Waals surface area contributed by atoms with E-state index < -0.39 is 12.3 Å². The van der Waals surface area contributed by atoms with E-state index in [0.717, 1.165) is 15.8 Å². The molecule has 118 valence electrons. The summed E-state index contributed by atoms with van der Waals surface area (Å²) in [5.41, 5.74) is 1.47. The molecule has 0 aliphatic rings. The highest BCUT2D eigenvalue weighted by Crippen LogP contribution is 2.26. The number of carbonyl (C=O) groups excluding carboxylic acids is 1. The number of anilines is 1. The number of benzene rings is 1. The Hall–Kier alpha value is -2.44. The third kappa shape index (κ3) is 3.41. The van der Waals surface area contributed by atoms with Gasteiger partial charge in [0.25, 0.3) is 12.3 Å². The summed E-state index contributed by atoms with van der Waals surface area (Å²) >= 11 is 0. The first kappa shape index (κ1) is 15.9. The topological polar surface area (TPSA) is 56.1 Å². The number of amides is 1. The minimum Gasteiger partial charge on any atom is -0.483 e. The van der Waals surface area contributed by atoms with Crippen LogP contribution in [0.3, 0.4) is 0 Å². The maximum Gasteiger partial charge on any atom is 0.282 e. The number of rotatable bonds is 5. The Labute approximate surface area is 126 Å². The van der Waals surface area contributed by atoms with Crippen LogP contribution in [0.5, 0.6) is 5.75 Å². The van der Waals surface area contributed by atoms with Gasteiger partial charge < -0.3 is 10.1 Å². The van der Waals surface area contributed by atoms with E-state index in [1.165, 1.54) is 13.2 Å². The number of carbonyl (C=O) groups is 1. The zero-order valence-corrected chi connectivity index (χ0v) is 12.6. The summed E-state index contributed by atoms with van der Waals surface area (Å²) in [6, 6.07) is 5.63. The Bertz CT molecular complexity index is 663. The van der Waals surface area contributed by atoms with Gasteiger partial charge in [-0.1, -0.05) is 18.2 Å². The first-order valence-corrected chi connectivity index (χ1v) is 6.69. The van der Waals surface area contributed by atoms with Crippen LogP contribution in [0.25, 0.3) is 0 Å². The van der Waals surface area contributed by atoms with E-state index in [1.807, 2.05) is 32.0 Å². The monoisotopic (exact) mass is 309 g/mol. The molecule has 0 aliphatic carbocycles. The number of aromatic nitrogens is 2. The Balaban J connectivity index is 2.02. The van der Waals surface area contributed by atoms with E-state index in [9.17, 15) is 13.6 Å². The molecule has 1 amide bonds. The summed E-state index contributed by atoms with van der Waals surface area (Å²) in [6.07, 6.45) is -1.53. The standard InChI is InChI=1S/C15H17F2N3O2/c1-9-5-4-6-10(2)14(9)22-8-12(21)19-11-7-18-20(3)13(11)15(16)17/h4-7,15H,8H2,1-3H3,(H,19,21). The zero-order valence-electron chi connectivity index (χ0n) is 12.6. The molecule has 0 fully saturated rings. The number of alkyl halides is 2. The van der Waals surface area contributed by atoms with Crippen LogP contribution in [-0.2, 0) is 11.8 Å². The number of nitrogens with zero attached hydrogens (tertiary/aromatic N) is 2. The molecular formula is C15H17F2N3O2. The van der Waals surface area contributed by atoms with Gasteiger partial charge in [-0.3, -0.25) is 9.48 Å². The molecule has 0 unspecified atom stereocenters. The predicted molar refractivity (Wildman–Crippen MR) is 78.2 cm³/mol. The number of ether oxygens (including phenoxy) is 1. The smallest absolute Gasteiger partial charge is 0.282 e. The van der Waals surface area contributed by atoms with Crippen molar-refractivity contribution in [3.63, 3.8) is 0 Å². The molecule has 0 spiro atoms. The van der Waals surface area contributed by atoms with Crippen molar-refractivity contribution in [2.24, 2.45) is 7.05 Å². The third-order valence-corrected chi connectivity index (χ3v) is 3.22. The quantitative estimate of drug-likeness (QED) is 0.924. The van der Waals surface area contributed by atoms with Crippen molar-refractivity contribution in [2.45, 2.75) is 20.3 Å². The summed E-state index contributed by atoms with van der Waals surface area (Å²) in [4.78, 5) is 11.9. The van der Waals surface area contributed by atoms with Crippen molar-refractivity contribution in [1.82, 2.24) is 9.78 Å². The minimum absolute atomic E-state index is 0.00685. The van der Waals surface area contributed by atoms with Gasteiger partial charge in [-0.05, 0) is 25.0 Å². The van der Waals surface area contributed by atoms with Crippen molar-refractivity contribution < 1.29 is 18.3 Å². The van der Waals surface area contributed by atoms with Gasteiger partial charge in [-0.15, -0.1) is 0 Å². The predicted octanol–water partition coefficient (Wildman–Crippen LogP) is 2.99. The number of hydrogen-bond donors (Lipinski definition) is 1. The molecule has 2 rings (SSSR count). The van der Waals surface area contributed by atoms with E-state index in [4.69, 9.17) is 4.74 Å². The van der Waals surface area contributed by atoms with Gasteiger partial charge in [0.15, 0.2) is 6.61 Å². The average Bonchev–Trinajstić information content (AvgIpc) is 2.79.